The van der Waals surface area contributed by atoms with Crippen LogP contribution in [0.15, 0.2) is 48.5 Å². The number of amides is 2. The Morgan fingerprint density at radius 2 is 1.61 bits per heavy atom. The highest BCUT2D eigenvalue weighted by molar-refractivity contribution is 5.97. The number of nitrogens with zero attached hydrogens (tertiary/aromatic N) is 3. The van der Waals surface area contributed by atoms with Crippen LogP contribution >= 0.6 is 0 Å². The summed E-state index contributed by atoms with van der Waals surface area (Å²) in [6.07, 6.45) is 0. The summed E-state index contributed by atoms with van der Waals surface area (Å²) in [5.41, 5.74) is 2.20. The largest absolute Gasteiger partial charge is 0.362 e. The number of nitrogens with one attached hydrogen (secondary N) is 1. The quantitative estimate of drug-likeness (QED) is 0.568. The molecule has 1 heterocycles. The van der Waals surface area contributed by atoms with Crippen molar-refractivity contribution in [3.8, 4) is 0 Å². The summed E-state index contributed by atoms with van der Waals surface area (Å²) in [4.78, 5) is 40.4. The van der Waals surface area contributed by atoms with Gasteiger partial charge in [-0.15, -0.1) is 0 Å². The molecule has 8 heteroatoms. The number of piperazine rings is 1. The Morgan fingerprint density at radius 1 is 1.00 bits per heavy atom. The van der Waals surface area contributed by atoms with Gasteiger partial charge in [-0.3, -0.25) is 19.7 Å². The maximum atomic E-state index is 13.2. The highest BCUT2D eigenvalue weighted by Crippen LogP contribution is 2.28. The third-order valence-electron chi connectivity index (χ3n) is 5.54. The normalized spacial score (nSPS) is 15.0. The highest BCUT2D eigenvalue weighted by Gasteiger charge is 2.32. The Hall–Kier alpha value is -3.42. The molecule has 0 spiro atoms. The Labute approximate surface area is 182 Å². The second-order valence-electron chi connectivity index (χ2n) is 8.12. The van der Waals surface area contributed by atoms with Gasteiger partial charge < -0.3 is 15.1 Å². The lowest BCUT2D eigenvalue weighted by atomic mass is 10.0. The first kappa shape index (κ1) is 22.3. The van der Waals surface area contributed by atoms with Crippen molar-refractivity contribution < 1.29 is 14.5 Å². The topological polar surface area (TPSA) is 95.8 Å². The smallest absolute Gasteiger partial charge is 0.292 e. The summed E-state index contributed by atoms with van der Waals surface area (Å²) < 4.78 is 0. The molecule has 1 aliphatic heterocycles. The van der Waals surface area contributed by atoms with Crippen LogP contribution in [0.25, 0.3) is 0 Å². The zero-order valence-corrected chi connectivity index (χ0v) is 18.1. The lowest BCUT2D eigenvalue weighted by Crippen LogP contribution is -2.56. The van der Waals surface area contributed by atoms with Crippen LogP contribution < -0.4 is 10.2 Å². The van der Waals surface area contributed by atoms with Crippen LogP contribution in [0, 0.1) is 23.0 Å². The molecule has 1 saturated heterocycles. The molecular formula is C23H28N4O4. The molecule has 0 aromatic heterocycles. The Morgan fingerprint density at radius 3 is 2.19 bits per heavy atom. The molecule has 3 rings (SSSR count). The van der Waals surface area contributed by atoms with Crippen molar-refractivity contribution in [2.75, 3.05) is 31.1 Å². The zero-order chi connectivity index (χ0) is 22.5. The number of carbonyl (C=O) groups is 2. The Balaban J connectivity index is 1.66. The van der Waals surface area contributed by atoms with Gasteiger partial charge in [-0.1, -0.05) is 43.7 Å². The lowest BCUT2D eigenvalue weighted by Gasteiger charge is -2.38. The van der Waals surface area contributed by atoms with Crippen LogP contribution in [0.3, 0.4) is 0 Å². The van der Waals surface area contributed by atoms with Gasteiger partial charge in [-0.05, 0) is 31.0 Å². The van der Waals surface area contributed by atoms with Crippen LogP contribution in [-0.4, -0.2) is 53.9 Å². The molecule has 2 aromatic rings. The van der Waals surface area contributed by atoms with Crippen molar-refractivity contribution in [3.63, 3.8) is 0 Å². The fourth-order valence-corrected chi connectivity index (χ4v) is 3.69. The molecule has 1 unspecified atom stereocenters. The molecule has 0 bridgehead atoms. The summed E-state index contributed by atoms with van der Waals surface area (Å²) in [6, 6.07) is 13.2. The average Bonchev–Trinajstić information content (AvgIpc) is 2.77. The molecule has 31 heavy (non-hydrogen) atoms. The summed E-state index contributed by atoms with van der Waals surface area (Å²) in [5.74, 6) is -0.474. The summed E-state index contributed by atoms with van der Waals surface area (Å²) in [7, 11) is 0. The highest BCUT2D eigenvalue weighted by atomic mass is 16.6. The summed E-state index contributed by atoms with van der Waals surface area (Å²) >= 11 is 0. The molecule has 2 amide bonds. The van der Waals surface area contributed by atoms with Gasteiger partial charge in [0.25, 0.3) is 11.6 Å². The van der Waals surface area contributed by atoms with Crippen molar-refractivity contribution >= 4 is 23.2 Å². The van der Waals surface area contributed by atoms with Crippen LogP contribution in [-0.2, 0) is 4.79 Å². The van der Waals surface area contributed by atoms with Gasteiger partial charge in [0.1, 0.15) is 11.7 Å². The molecule has 2 aromatic carbocycles. The van der Waals surface area contributed by atoms with Crippen molar-refractivity contribution in [1.29, 1.82) is 0 Å². The van der Waals surface area contributed by atoms with E-state index >= 15 is 0 Å². The maximum absolute atomic E-state index is 13.2. The second-order valence-corrected chi connectivity index (χ2v) is 8.12. The molecule has 1 aliphatic rings. The van der Waals surface area contributed by atoms with E-state index in [-0.39, 0.29) is 28.3 Å². The molecule has 0 radical (unpaired) electrons. The van der Waals surface area contributed by atoms with Crippen molar-refractivity contribution in [3.05, 3.63) is 69.8 Å². The second kappa shape index (κ2) is 9.59. The van der Waals surface area contributed by atoms with Crippen molar-refractivity contribution in [1.82, 2.24) is 10.2 Å². The number of aryl methyl sites for hydroxylation is 1. The minimum Gasteiger partial charge on any atom is -0.362 e. The SMILES string of the molecule is Cc1ccc(C(=O)NC(C(=O)N2CCN(c3ccccc3[N+](=O)[O-])CC2)C(C)C)cc1. The predicted octanol–water partition coefficient (Wildman–Crippen LogP) is 3.01. The minimum atomic E-state index is -0.633. The number of hydrogen-bond donors (Lipinski definition) is 1. The van der Waals surface area contributed by atoms with Crippen LogP contribution in [0.2, 0.25) is 0 Å². The zero-order valence-electron chi connectivity index (χ0n) is 18.1. The molecule has 164 valence electrons. The molecule has 0 saturated carbocycles. The molecule has 8 nitrogen and oxygen atoms in total. The number of rotatable bonds is 6. The van der Waals surface area contributed by atoms with Crippen LogP contribution in [0.5, 0.6) is 0 Å². The van der Waals surface area contributed by atoms with E-state index in [4.69, 9.17) is 0 Å². The number of hydrogen-bond acceptors (Lipinski definition) is 5. The van der Waals surface area contributed by atoms with E-state index < -0.39 is 6.04 Å². The third-order valence-corrected chi connectivity index (χ3v) is 5.54. The number of para-hydroxylation sites is 2. The van der Waals surface area contributed by atoms with Gasteiger partial charge in [0.05, 0.1) is 4.92 Å². The number of nitro benzene ring substituents is 1. The number of carbonyl (C=O) groups excluding carboxylic acids is 2. The van der Waals surface area contributed by atoms with E-state index in [9.17, 15) is 19.7 Å². The first-order valence-electron chi connectivity index (χ1n) is 10.4. The number of anilines is 1. The Bertz CT molecular complexity index is 950. The fraction of sp³-hybridized carbons (Fsp3) is 0.391. The number of nitro groups is 1. The standard InChI is InChI=1S/C23H28N4O4/c1-16(2)21(24-22(28)18-10-8-17(3)9-11-18)23(29)26-14-12-25(13-15-26)19-6-4-5-7-20(19)27(30)31/h4-11,16,21H,12-15H2,1-3H3,(H,24,28). The first-order valence-corrected chi connectivity index (χ1v) is 10.4. The van der Waals surface area contributed by atoms with E-state index in [0.29, 0.717) is 37.4 Å². The van der Waals surface area contributed by atoms with E-state index in [1.54, 1.807) is 35.2 Å². The van der Waals surface area contributed by atoms with Crippen molar-refractivity contribution in [2.24, 2.45) is 5.92 Å². The fourth-order valence-electron chi connectivity index (χ4n) is 3.69. The maximum Gasteiger partial charge on any atom is 0.292 e. The van der Waals surface area contributed by atoms with Gasteiger partial charge in [0, 0.05) is 37.8 Å². The average molecular weight is 425 g/mol. The van der Waals surface area contributed by atoms with Crippen LogP contribution in [0.4, 0.5) is 11.4 Å². The molecule has 0 aliphatic carbocycles. The first-order chi connectivity index (χ1) is 14.8. The summed E-state index contributed by atoms with van der Waals surface area (Å²) in [6.45, 7) is 7.62. The Kier molecular flexibility index (Phi) is 6.89. The minimum absolute atomic E-state index is 0.0627. The van der Waals surface area contributed by atoms with E-state index in [2.05, 4.69) is 5.32 Å². The van der Waals surface area contributed by atoms with E-state index in [0.717, 1.165) is 5.56 Å². The molecule has 1 N–H and O–H groups in total. The molecule has 1 fully saturated rings. The van der Waals surface area contributed by atoms with Gasteiger partial charge >= 0.3 is 0 Å². The van der Waals surface area contributed by atoms with Gasteiger partial charge in [-0.2, -0.15) is 0 Å². The van der Waals surface area contributed by atoms with E-state index in [1.165, 1.54) is 6.07 Å². The lowest BCUT2D eigenvalue weighted by molar-refractivity contribution is -0.384. The predicted molar refractivity (Wildman–Crippen MR) is 119 cm³/mol. The summed E-state index contributed by atoms with van der Waals surface area (Å²) in [5, 5.41) is 14.2. The molecule has 1 atom stereocenters. The van der Waals surface area contributed by atoms with Gasteiger partial charge in [0.15, 0.2) is 0 Å². The van der Waals surface area contributed by atoms with Gasteiger partial charge in [0.2, 0.25) is 5.91 Å². The molecular weight excluding hydrogens is 396 g/mol. The van der Waals surface area contributed by atoms with Crippen LogP contribution in [0.1, 0.15) is 29.8 Å². The van der Waals surface area contributed by atoms with E-state index in [1.807, 2.05) is 37.8 Å². The van der Waals surface area contributed by atoms with Gasteiger partial charge in [-0.25, -0.2) is 0 Å². The number of benzene rings is 2. The monoisotopic (exact) mass is 424 g/mol. The van der Waals surface area contributed by atoms with Crippen molar-refractivity contribution in [2.45, 2.75) is 26.8 Å². The third kappa shape index (κ3) is 5.20.